The van der Waals surface area contributed by atoms with E-state index in [-0.39, 0.29) is 22.8 Å². The zero-order valence-corrected chi connectivity index (χ0v) is 20.7. The zero-order chi connectivity index (χ0) is 26.5. The highest BCUT2D eigenvalue weighted by atomic mass is 16.6. The molecule has 0 aliphatic carbocycles. The van der Waals surface area contributed by atoms with Crippen molar-refractivity contribution < 1.29 is 24.1 Å². The van der Waals surface area contributed by atoms with Crippen LogP contribution in [0.2, 0.25) is 0 Å². The summed E-state index contributed by atoms with van der Waals surface area (Å²) in [5.41, 5.74) is 2.79. The van der Waals surface area contributed by atoms with Crippen LogP contribution in [0, 0.1) is 10.1 Å². The zero-order valence-electron chi connectivity index (χ0n) is 20.7. The molecule has 4 rings (SSSR count). The van der Waals surface area contributed by atoms with Crippen molar-refractivity contribution in [1.82, 2.24) is 20.4 Å². The third-order valence-electron chi connectivity index (χ3n) is 6.03. The third-order valence-corrected chi connectivity index (χ3v) is 6.03. The second-order valence-electron chi connectivity index (χ2n) is 8.66. The van der Waals surface area contributed by atoms with Crippen molar-refractivity contribution in [3.63, 3.8) is 0 Å². The van der Waals surface area contributed by atoms with Gasteiger partial charge in [0.15, 0.2) is 5.82 Å². The molecule has 2 heterocycles. The van der Waals surface area contributed by atoms with Crippen LogP contribution in [0.5, 0.6) is 0 Å². The molecule has 1 atom stereocenters. The van der Waals surface area contributed by atoms with Crippen molar-refractivity contribution in [2.45, 2.75) is 25.9 Å². The molecule has 0 bridgehead atoms. The monoisotopic (exact) mass is 505 g/mol. The molecular formula is C26H27N5O6. The minimum absolute atomic E-state index is 0.104. The Morgan fingerprint density at radius 2 is 1.97 bits per heavy atom. The Hall–Kier alpha value is -4.35. The number of aliphatic hydroxyl groups is 1. The van der Waals surface area contributed by atoms with Gasteiger partial charge in [-0.05, 0) is 25.1 Å². The molecule has 0 spiro atoms. The average Bonchev–Trinajstić information content (AvgIpc) is 3.35. The lowest BCUT2D eigenvalue weighted by Crippen LogP contribution is -2.31. The SMILES string of the molecule is COC(=O)C1=C(CO)NC(C)=C(c2nc(CN(C)Cc3ccccc3)no2)C1c1cccc([N+](=O)[O-])c1. The molecule has 1 unspecified atom stereocenters. The van der Waals surface area contributed by atoms with Crippen molar-refractivity contribution in [3.8, 4) is 0 Å². The second-order valence-corrected chi connectivity index (χ2v) is 8.66. The van der Waals surface area contributed by atoms with Crippen LogP contribution in [0.3, 0.4) is 0 Å². The van der Waals surface area contributed by atoms with E-state index >= 15 is 0 Å². The molecule has 0 fully saturated rings. The van der Waals surface area contributed by atoms with Crippen molar-refractivity contribution in [2.75, 3.05) is 20.8 Å². The Bertz CT molecular complexity index is 1360. The summed E-state index contributed by atoms with van der Waals surface area (Å²) in [6, 6.07) is 15.9. The first kappa shape index (κ1) is 25.7. The number of nitrogens with zero attached hydrogens (tertiary/aromatic N) is 4. The van der Waals surface area contributed by atoms with Gasteiger partial charge >= 0.3 is 5.97 Å². The Balaban J connectivity index is 1.73. The largest absolute Gasteiger partial charge is 0.466 e. The number of nitro groups is 1. The van der Waals surface area contributed by atoms with Gasteiger partial charge < -0.3 is 19.7 Å². The molecule has 1 aliphatic heterocycles. The minimum Gasteiger partial charge on any atom is -0.466 e. The number of rotatable bonds is 9. The van der Waals surface area contributed by atoms with Gasteiger partial charge in [-0.15, -0.1) is 0 Å². The molecule has 192 valence electrons. The fourth-order valence-electron chi connectivity index (χ4n) is 4.43. The summed E-state index contributed by atoms with van der Waals surface area (Å²) >= 11 is 0. The quantitative estimate of drug-likeness (QED) is 0.253. The van der Waals surface area contributed by atoms with Gasteiger partial charge in [0.1, 0.15) is 0 Å². The topological polar surface area (TPSA) is 144 Å². The number of carbonyl (C=O) groups is 1. The van der Waals surface area contributed by atoms with Crippen LogP contribution in [0.25, 0.3) is 5.57 Å². The molecule has 0 saturated carbocycles. The number of nitrogens with one attached hydrogen (secondary N) is 1. The molecule has 0 radical (unpaired) electrons. The van der Waals surface area contributed by atoms with E-state index in [4.69, 9.17) is 9.26 Å². The van der Waals surface area contributed by atoms with Crippen molar-refractivity contribution in [2.24, 2.45) is 0 Å². The Morgan fingerprint density at radius 3 is 2.65 bits per heavy atom. The van der Waals surface area contributed by atoms with E-state index in [2.05, 4.69) is 15.5 Å². The van der Waals surface area contributed by atoms with Gasteiger partial charge in [0.2, 0.25) is 0 Å². The van der Waals surface area contributed by atoms with Crippen LogP contribution < -0.4 is 5.32 Å². The lowest BCUT2D eigenvalue weighted by atomic mass is 9.80. The van der Waals surface area contributed by atoms with Gasteiger partial charge in [0, 0.05) is 29.9 Å². The normalized spacial score (nSPS) is 15.6. The third kappa shape index (κ3) is 5.57. The number of esters is 1. The number of hydrogen-bond donors (Lipinski definition) is 2. The second kappa shape index (κ2) is 11.1. The number of ether oxygens (including phenoxy) is 1. The maximum absolute atomic E-state index is 12.9. The number of dihydropyridines is 1. The predicted octanol–water partition coefficient (Wildman–Crippen LogP) is 3.15. The van der Waals surface area contributed by atoms with Crippen LogP contribution in [-0.4, -0.2) is 51.8 Å². The first-order valence-electron chi connectivity index (χ1n) is 11.5. The molecule has 0 amide bonds. The Kier molecular flexibility index (Phi) is 7.75. The van der Waals surface area contributed by atoms with Gasteiger partial charge in [0.25, 0.3) is 11.6 Å². The van der Waals surface area contributed by atoms with E-state index < -0.39 is 23.4 Å². The summed E-state index contributed by atoms with van der Waals surface area (Å²) in [5, 5.41) is 28.6. The number of hydrogen-bond acceptors (Lipinski definition) is 10. The summed E-state index contributed by atoms with van der Waals surface area (Å²) < 4.78 is 10.6. The summed E-state index contributed by atoms with van der Waals surface area (Å²) in [6.45, 7) is 2.36. The van der Waals surface area contributed by atoms with Crippen LogP contribution in [0.4, 0.5) is 5.69 Å². The van der Waals surface area contributed by atoms with Crippen LogP contribution in [0.15, 0.2) is 76.1 Å². The molecule has 1 aromatic heterocycles. The minimum atomic E-state index is -0.855. The highest BCUT2D eigenvalue weighted by Gasteiger charge is 2.38. The van der Waals surface area contributed by atoms with E-state index in [1.165, 1.54) is 25.3 Å². The lowest BCUT2D eigenvalue weighted by molar-refractivity contribution is -0.384. The van der Waals surface area contributed by atoms with Gasteiger partial charge in [-0.25, -0.2) is 4.79 Å². The molecule has 11 nitrogen and oxygen atoms in total. The van der Waals surface area contributed by atoms with Gasteiger partial charge in [-0.2, -0.15) is 4.98 Å². The lowest BCUT2D eigenvalue weighted by Gasteiger charge is -2.30. The van der Waals surface area contributed by atoms with Crippen LogP contribution in [0.1, 0.15) is 35.7 Å². The van der Waals surface area contributed by atoms with Crippen LogP contribution >= 0.6 is 0 Å². The molecular weight excluding hydrogens is 478 g/mol. The van der Waals surface area contributed by atoms with E-state index in [9.17, 15) is 20.0 Å². The van der Waals surface area contributed by atoms with E-state index in [1.807, 2.05) is 42.3 Å². The van der Waals surface area contributed by atoms with E-state index in [0.29, 0.717) is 35.7 Å². The molecule has 11 heteroatoms. The predicted molar refractivity (Wildman–Crippen MR) is 134 cm³/mol. The maximum Gasteiger partial charge on any atom is 0.336 e. The summed E-state index contributed by atoms with van der Waals surface area (Å²) in [5.74, 6) is -0.961. The molecule has 0 saturated heterocycles. The Labute approximate surface area is 213 Å². The number of methoxy groups -OCH3 is 1. The molecule has 2 N–H and O–H groups in total. The van der Waals surface area contributed by atoms with Crippen molar-refractivity contribution >= 4 is 17.2 Å². The van der Waals surface area contributed by atoms with E-state index in [1.54, 1.807) is 13.0 Å². The number of carbonyl (C=O) groups excluding carboxylic acids is 1. The summed E-state index contributed by atoms with van der Waals surface area (Å²) in [4.78, 5) is 30.5. The molecule has 2 aromatic carbocycles. The highest BCUT2D eigenvalue weighted by Crippen LogP contribution is 2.43. The van der Waals surface area contributed by atoms with Crippen molar-refractivity contribution in [1.29, 1.82) is 0 Å². The number of benzene rings is 2. The number of allylic oxidation sites excluding steroid dienone is 2. The molecule has 3 aromatic rings. The molecule has 37 heavy (non-hydrogen) atoms. The maximum atomic E-state index is 12.9. The number of non-ortho nitro benzene ring substituents is 1. The van der Waals surface area contributed by atoms with E-state index in [0.717, 1.165) is 5.56 Å². The fraction of sp³-hybridized carbons (Fsp3) is 0.269. The Morgan fingerprint density at radius 1 is 1.22 bits per heavy atom. The molecule has 1 aliphatic rings. The standard InChI is InChI=1S/C26H27N5O6/c1-16-22(25-28-21(29-37-25)14-30(2)13-17-8-5-4-6-9-17)23(18-10-7-11-19(12-18)31(34)35)24(26(33)36-3)20(15-32)27-16/h4-12,23,27,32H,13-15H2,1-3H3. The van der Waals surface area contributed by atoms with Gasteiger partial charge in [0.05, 0.1) is 42.4 Å². The van der Waals surface area contributed by atoms with Crippen LogP contribution in [-0.2, 0) is 22.6 Å². The fourth-order valence-corrected chi connectivity index (χ4v) is 4.43. The highest BCUT2D eigenvalue weighted by molar-refractivity contribution is 5.97. The number of aliphatic hydroxyl groups excluding tert-OH is 1. The summed E-state index contributed by atoms with van der Waals surface area (Å²) in [6.07, 6.45) is 0. The first-order valence-corrected chi connectivity index (χ1v) is 11.5. The van der Waals surface area contributed by atoms with Crippen molar-refractivity contribution in [3.05, 3.63) is 105 Å². The van der Waals surface area contributed by atoms with Gasteiger partial charge in [-0.1, -0.05) is 47.6 Å². The summed E-state index contributed by atoms with van der Waals surface area (Å²) in [7, 11) is 3.17. The average molecular weight is 506 g/mol. The van der Waals surface area contributed by atoms with Gasteiger partial charge in [-0.3, -0.25) is 15.0 Å². The first-order chi connectivity index (χ1) is 17.8. The number of aromatic nitrogens is 2. The smallest absolute Gasteiger partial charge is 0.336 e. The number of nitro benzene ring substituents is 1.